The Balaban J connectivity index is 1.58. The summed E-state index contributed by atoms with van der Waals surface area (Å²) in [5, 5.41) is 0.406. The molecule has 0 saturated carbocycles. The minimum absolute atomic E-state index is 0.0184. The smallest absolute Gasteiger partial charge is 0.261 e. The summed E-state index contributed by atoms with van der Waals surface area (Å²) < 4.78 is 6.07. The SMILES string of the molecule is CC1CC(C)(C(C)Oc2cc(N3C(=O)C4=C(CCCC4)C3=O)ccc2Cl)OO1. The third-order valence-corrected chi connectivity index (χ3v) is 6.13. The molecule has 0 N–H and O–H groups in total. The number of ether oxygens (including phenoxy) is 1. The van der Waals surface area contributed by atoms with E-state index in [1.165, 1.54) is 4.90 Å². The number of carbonyl (C=O) groups excluding carboxylic acids is 2. The van der Waals surface area contributed by atoms with Crippen molar-refractivity contribution in [2.75, 3.05) is 4.90 Å². The molecule has 0 aromatic heterocycles. The average molecular weight is 406 g/mol. The number of halogens is 1. The Morgan fingerprint density at radius 3 is 2.43 bits per heavy atom. The van der Waals surface area contributed by atoms with Crippen LogP contribution in [-0.4, -0.2) is 29.6 Å². The first-order chi connectivity index (χ1) is 13.3. The van der Waals surface area contributed by atoms with Gasteiger partial charge in [-0.25, -0.2) is 14.7 Å². The predicted octanol–water partition coefficient (Wildman–Crippen LogP) is 4.35. The maximum atomic E-state index is 12.8. The van der Waals surface area contributed by atoms with Crippen LogP contribution in [-0.2, 0) is 19.4 Å². The molecule has 7 heteroatoms. The topological polar surface area (TPSA) is 65.1 Å². The molecule has 1 fully saturated rings. The second-order valence-electron chi connectivity index (χ2n) is 7.99. The van der Waals surface area contributed by atoms with Crippen molar-refractivity contribution in [1.29, 1.82) is 0 Å². The van der Waals surface area contributed by atoms with E-state index < -0.39 is 5.60 Å². The summed E-state index contributed by atoms with van der Waals surface area (Å²) in [5.74, 6) is -0.0508. The van der Waals surface area contributed by atoms with Gasteiger partial charge in [0.25, 0.3) is 11.8 Å². The Morgan fingerprint density at radius 1 is 1.21 bits per heavy atom. The molecule has 3 unspecified atom stereocenters. The van der Waals surface area contributed by atoms with Gasteiger partial charge in [0.2, 0.25) is 0 Å². The first kappa shape index (κ1) is 19.4. The molecular formula is C21H24ClNO5. The Hall–Kier alpha value is -1.89. The first-order valence-electron chi connectivity index (χ1n) is 9.71. The van der Waals surface area contributed by atoms with E-state index in [4.69, 9.17) is 26.1 Å². The monoisotopic (exact) mass is 405 g/mol. The Morgan fingerprint density at radius 2 is 1.86 bits per heavy atom. The number of anilines is 1. The van der Waals surface area contributed by atoms with E-state index >= 15 is 0 Å². The summed E-state index contributed by atoms with van der Waals surface area (Å²) in [6.45, 7) is 5.74. The fourth-order valence-corrected chi connectivity index (χ4v) is 4.24. The lowest BCUT2D eigenvalue weighted by molar-refractivity contribution is -0.331. The number of carbonyl (C=O) groups is 2. The van der Waals surface area contributed by atoms with Crippen molar-refractivity contribution in [2.45, 2.75) is 70.7 Å². The second-order valence-corrected chi connectivity index (χ2v) is 8.40. The molecule has 6 nitrogen and oxygen atoms in total. The molecule has 4 rings (SSSR count). The molecule has 1 aromatic carbocycles. The third-order valence-electron chi connectivity index (χ3n) is 5.82. The highest BCUT2D eigenvalue weighted by Gasteiger charge is 2.43. The lowest BCUT2D eigenvalue weighted by Gasteiger charge is -2.29. The summed E-state index contributed by atoms with van der Waals surface area (Å²) in [6, 6.07) is 4.97. The van der Waals surface area contributed by atoms with Crippen LogP contribution in [0.2, 0.25) is 5.02 Å². The minimum Gasteiger partial charge on any atom is -0.486 e. The quantitative estimate of drug-likeness (QED) is 0.550. The van der Waals surface area contributed by atoms with Gasteiger partial charge in [0, 0.05) is 23.6 Å². The van der Waals surface area contributed by atoms with Crippen LogP contribution in [0.1, 0.15) is 52.9 Å². The van der Waals surface area contributed by atoms with E-state index in [1.54, 1.807) is 18.2 Å². The normalized spacial score (nSPS) is 28.7. The van der Waals surface area contributed by atoms with Crippen LogP contribution >= 0.6 is 11.6 Å². The first-order valence-corrected chi connectivity index (χ1v) is 10.1. The van der Waals surface area contributed by atoms with Crippen molar-refractivity contribution in [3.05, 3.63) is 34.4 Å². The zero-order valence-electron chi connectivity index (χ0n) is 16.3. The van der Waals surface area contributed by atoms with Gasteiger partial charge in [-0.3, -0.25) is 9.59 Å². The number of hydrogen-bond acceptors (Lipinski definition) is 5. The summed E-state index contributed by atoms with van der Waals surface area (Å²) in [7, 11) is 0. The molecule has 0 radical (unpaired) electrons. The third kappa shape index (κ3) is 3.23. The van der Waals surface area contributed by atoms with Crippen LogP contribution in [0.25, 0.3) is 0 Å². The van der Waals surface area contributed by atoms with Crippen molar-refractivity contribution in [2.24, 2.45) is 0 Å². The number of rotatable bonds is 4. The molecule has 3 aliphatic rings. The van der Waals surface area contributed by atoms with Crippen LogP contribution < -0.4 is 9.64 Å². The van der Waals surface area contributed by atoms with E-state index in [1.807, 2.05) is 20.8 Å². The van der Waals surface area contributed by atoms with E-state index in [9.17, 15) is 9.59 Å². The number of nitrogens with zero attached hydrogens (tertiary/aromatic N) is 1. The number of amides is 2. The molecule has 0 bridgehead atoms. The van der Waals surface area contributed by atoms with Gasteiger partial charge < -0.3 is 4.74 Å². The summed E-state index contributed by atoms with van der Waals surface area (Å²) in [4.78, 5) is 37.5. The van der Waals surface area contributed by atoms with Crippen LogP contribution in [0.15, 0.2) is 29.3 Å². The van der Waals surface area contributed by atoms with E-state index in [-0.39, 0.29) is 24.0 Å². The molecule has 28 heavy (non-hydrogen) atoms. The standard InChI is InChI=1S/C21H24ClNO5/c1-12-11-21(3,28-27-12)13(2)26-18-10-14(8-9-17(18)22)23-19(24)15-6-4-5-7-16(15)20(23)25/h8-10,12-13H,4-7,11H2,1-3H3. The highest BCUT2D eigenvalue weighted by atomic mass is 35.5. The molecule has 2 amide bonds. The lowest BCUT2D eigenvalue weighted by atomic mass is 9.93. The molecule has 0 spiro atoms. The minimum atomic E-state index is -0.612. The van der Waals surface area contributed by atoms with Crippen molar-refractivity contribution < 1.29 is 24.1 Å². The van der Waals surface area contributed by atoms with Crippen molar-refractivity contribution in [1.82, 2.24) is 0 Å². The molecule has 1 aliphatic carbocycles. The van der Waals surface area contributed by atoms with Gasteiger partial charge in [-0.2, -0.15) is 0 Å². The van der Waals surface area contributed by atoms with E-state index in [0.29, 0.717) is 46.9 Å². The molecular weight excluding hydrogens is 382 g/mol. The number of hydrogen-bond donors (Lipinski definition) is 0. The zero-order chi connectivity index (χ0) is 20.1. The van der Waals surface area contributed by atoms with Gasteiger partial charge in [-0.15, -0.1) is 0 Å². The molecule has 1 saturated heterocycles. The van der Waals surface area contributed by atoms with Crippen LogP contribution in [0.4, 0.5) is 5.69 Å². The average Bonchev–Trinajstić information content (AvgIpc) is 3.15. The second kappa shape index (κ2) is 7.17. The summed E-state index contributed by atoms with van der Waals surface area (Å²) in [5.41, 5.74) is 1.16. The molecule has 1 aromatic rings. The van der Waals surface area contributed by atoms with Gasteiger partial charge in [-0.1, -0.05) is 11.6 Å². The summed E-state index contributed by atoms with van der Waals surface area (Å²) >= 11 is 6.33. The lowest BCUT2D eigenvalue weighted by Crippen LogP contribution is -2.40. The van der Waals surface area contributed by atoms with Gasteiger partial charge >= 0.3 is 0 Å². The predicted molar refractivity (Wildman–Crippen MR) is 104 cm³/mol. The highest BCUT2D eigenvalue weighted by molar-refractivity contribution is 6.34. The molecule has 2 heterocycles. The number of imide groups is 1. The Bertz CT molecular complexity index is 838. The fraction of sp³-hybridized carbons (Fsp3) is 0.524. The number of benzene rings is 1. The van der Waals surface area contributed by atoms with Gasteiger partial charge in [0.1, 0.15) is 17.5 Å². The maximum absolute atomic E-state index is 12.8. The van der Waals surface area contributed by atoms with E-state index in [0.717, 1.165) is 12.8 Å². The van der Waals surface area contributed by atoms with Gasteiger partial charge in [0.15, 0.2) is 0 Å². The molecule has 3 atom stereocenters. The van der Waals surface area contributed by atoms with Gasteiger partial charge in [-0.05, 0) is 58.6 Å². The van der Waals surface area contributed by atoms with E-state index in [2.05, 4.69) is 0 Å². The highest BCUT2D eigenvalue weighted by Crippen LogP contribution is 2.39. The van der Waals surface area contributed by atoms with Crippen LogP contribution in [0, 0.1) is 0 Å². The van der Waals surface area contributed by atoms with Crippen molar-refractivity contribution in [3.8, 4) is 5.75 Å². The zero-order valence-corrected chi connectivity index (χ0v) is 17.0. The maximum Gasteiger partial charge on any atom is 0.261 e. The van der Waals surface area contributed by atoms with Crippen molar-refractivity contribution >= 4 is 29.1 Å². The fourth-order valence-electron chi connectivity index (χ4n) is 4.08. The van der Waals surface area contributed by atoms with Gasteiger partial charge in [0.05, 0.1) is 16.8 Å². The molecule has 150 valence electrons. The summed E-state index contributed by atoms with van der Waals surface area (Å²) in [6.07, 6.45) is 3.53. The Labute approximate surface area is 169 Å². The molecule has 2 aliphatic heterocycles. The van der Waals surface area contributed by atoms with Crippen LogP contribution in [0.3, 0.4) is 0 Å². The van der Waals surface area contributed by atoms with Crippen molar-refractivity contribution in [3.63, 3.8) is 0 Å². The Kier molecular flexibility index (Phi) is 4.98. The van der Waals surface area contributed by atoms with Crippen LogP contribution in [0.5, 0.6) is 5.75 Å². The largest absolute Gasteiger partial charge is 0.486 e.